The molecular weight excluding hydrogens is 360 g/mol. The predicted octanol–water partition coefficient (Wildman–Crippen LogP) is 3.57. The standard InChI is InChI=1S/C20H22N4O2S/c1-14-16(23-20(26-14)17-5-4-10-27-17)11-19(25)22-13-15-6-7-18(21-12-15)24-8-2-3-9-24/h4-7,10,12H,2-3,8-9,11,13H2,1H3,(H,22,25). The molecule has 1 saturated heterocycles. The van der Waals surface area contributed by atoms with Crippen LogP contribution >= 0.6 is 11.3 Å². The molecule has 0 saturated carbocycles. The van der Waals surface area contributed by atoms with Gasteiger partial charge < -0.3 is 14.6 Å². The second-order valence-corrected chi connectivity index (χ2v) is 7.62. The fourth-order valence-electron chi connectivity index (χ4n) is 3.17. The van der Waals surface area contributed by atoms with Gasteiger partial charge in [0, 0.05) is 25.8 Å². The van der Waals surface area contributed by atoms with Gasteiger partial charge in [0.05, 0.1) is 17.0 Å². The molecule has 140 valence electrons. The molecule has 4 rings (SSSR count). The molecule has 6 nitrogen and oxygen atoms in total. The Bertz CT molecular complexity index is 897. The SMILES string of the molecule is Cc1oc(-c2cccs2)nc1CC(=O)NCc1ccc(N2CCCC2)nc1. The van der Waals surface area contributed by atoms with Crippen molar-refractivity contribution < 1.29 is 9.21 Å². The Labute approximate surface area is 162 Å². The van der Waals surface area contributed by atoms with Crippen molar-refractivity contribution in [2.24, 2.45) is 0 Å². The van der Waals surface area contributed by atoms with Gasteiger partial charge in [-0.05, 0) is 42.8 Å². The quantitative estimate of drug-likeness (QED) is 0.706. The molecule has 0 bridgehead atoms. The third kappa shape index (κ3) is 4.19. The fraction of sp³-hybridized carbons (Fsp3) is 0.350. The lowest BCUT2D eigenvalue weighted by atomic mass is 10.2. The topological polar surface area (TPSA) is 71.3 Å². The summed E-state index contributed by atoms with van der Waals surface area (Å²) in [6.45, 7) is 4.45. The lowest BCUT2D eigenvalue weighted by Crippen LogP contribution is -2.25. The van der Waals surface area contributed by atoms with E-state index in [1.54, 1.807) is 11.3 Å². The number of hydrogen-bond donors (Lipinski definition) is 1. The number of nitrogens with zero attached hydrogens (tertiary/aromatic N) is 3. The van der Waals surface area contributed by atoms with Gasteiger partial charge in [0.2, 0.25) is 11.8 Å². The highest BCUT2D eigenvalue weighted by Gasteiger charge is 2.16. The highest BCUT2D eigenvalue weighted by Crippen LogP contribution is 2.26. The van der Waals surface area contributed by atoms with Gasteiger partial charge in [0.25, 0.3) is 0 Å². The Morgan fingerprint density at radius 2 is 2.15 bits per heavy atom. The van der Waals surface area contributed by atoms with E-state index in [1.807, 2.05) is 42.8 Å². The molecule has 3 aromatic rings. The number of hydrogen-bond acceptors (Lipinski definition) is 6. The first-order chi connectivity index (χ1) is 13.2. The van der Waals surface area contributed by atoms with Crippen molar-refractivity contribution in [3.63, 3.8) is 0 Å². The minimum atomic E-state index is -0.0762. The minimum absolute atomic E-state index is 0.0762. The number of carbonyl (C=O) groups excluding carboxylic acids is 1. The molecule has 3 aromatic heterocycles. The monoisotopic (exact) mass is 382 g/mol. The molecule has 0 aliphatic carbocycles. The average molecular weight is 382 g/mol. The smallest absolute Gasteiger partial charge is 0.236 e. The average Bonchev–Trinajstić information content (AvgIpc) is 3.43. The van der Waals surface area contributed by atoms with Gasteiger partial charge in [-0.2, -0.15) is 0 Å². The Morgan fingerprint density at radius 3 is 2.85 bits per heavy atom. The fourth-order valence-corrected chi connectivity index (χ4v) is 3.82. The normalized spacial score (nSPS) is 13.9. The first-order valence-electron chi connectivity index (χ1n) is 9.16. The molecule has 0 radical (unpaired) electrons. The summed E-state index contributed by atoms with van der Waals surface area (Å²) in [5, 5.41) is 4.91. The largest absolute Gasteiger partial charge is 0.440 e. The summed E-state index contributed by atoms with van der Waals surface area (Å²) in [5.41, 5.74) is 1.67. The molecule has 1 fully saturated rings. The predicted molar refractivity (Wildman–Crippen MR) is 106 cm³/mol. The molecule has 4 heterocycles. The zero-order valence-corrected chi connectivity index (χ0v) is 16.1. The van der Waals surface area contributed by atoms with Gasteiger partial charge in [-0.25, -0.2) is 9.97 Å². The summed E-state index contributed by atoms with van der Waals surface area (Å²) in [4.78, 5) is 24.5. The summed E-state index contributed by atoms with van der Waals surface area (Å²) < 4.78 is 5.69. The molecule has 0 aromatic carbocycles. The van der Waals surface area contributed by atoms with E-state index in [2.05, 4.69) is 20.2 Å². The van der Waals surface area contributed by atoms with Gasteiger partial charge in [-0.3, -0.25) is 4.79 Å². The Balaban J connectivity index is 1.32. The molecule has 0 spiro atoms. The molecule has 1 aliphatic rings. The Hall–Kier alpha value is -2.67. The van der Waals surface area contributed by atoms with Crippen LogP contribution in [0.2, 0.25) is 0 Å². The van der Waals surface area contributed by atoms with Crippen LogP contribution in [0, 0.1) is 6.92 Å². The van der Waals surface area contributed by atoms with Crippen molar-refractivity contribution in [3.05, 3.63) is 52.9 Å². The van der Waals surface area contributed by atoms with Gasteiger partial charge >= 0.3 is 0 Å². The number of oxazole rings is 1. The van der Waals surface area contributed by atoms with Gasteiger partial charge in [-0.1, -0.05) is 12.1 Å². The van der Waals surface area contributed by atoms with Gasteiger partial charge in [-0.15, -0.1) is 11.3 Å². The highest BCUT2D eigenvalue weighted by atomic mass is 32.1. The van der Waals surface area contributed by atoms with Crippen molar-refractivity contribution >= 4 is 23.1 Å². The van der Waals surface area contributed by atoms with Crippen LogP contribution in [0.15, 0.2) is 40.3 Å². The molecule has 1 N–H and O–H groups in total. The lowest BCUT2D eigenvalue weighted by Gasteiger charge is -2.16. The number of thiophene rings is 1. The van der Waals surface area contributed by atoms with E-state index >= 15 is 0 Å². The van der Waals surface area contributed by atoms with Gasteiger partial charge in [0.1, 0.15) is 11.6 Å². The molecule has 1 aliphatic heterocycles. The van der Waals surface area contributed by atoms with Crippen LogP contribution < -0.4 is 10.2 Å². The summed E-state index contributed by atoms with van der Waals surface area (Å²) >= 11 is 1.57. The van der Waals surface area contributed by atoms with Crippen LogP contribution in [0.5, 0.6) is 0 Å². The van der Waals surface area contributed by atoms with Crippen molar-refractivity contribution in [2.45, 2.75) is 32.7 Å². The third-order valence-electron chi connectivity index (χ3n) is 4.68. The number of aryl methyl sites for hydroxylation is 1. The van der Waals surface area contributed by atoms with E-state index in [0.29, 0.717) is 23.9 Å². The van der Waals surface area contributed by atoms with E-state index in [9.17, 15) is 4.79 Å². The Kier molecular flexibility index (Phi) is 5.20. The van der Waals surface area contributed by atoms with E-state index in [-0.39, 0.29) is 12.3 Å². The van der Waals surface area contributed by atoms with E-state index in [4.69, 9.17) is 4.42 Å². The number of nitrogens with one attached hydrogen (secondary N) is 1. The maximum absolute atomic E-state index is 12.3. The molecular formula is C20H22N4O2S. The van der Waals surface area contributed by atoms with Crippen molar-refractivity contribution in [3.8, 4) is 10.8 Å². The highest BCUT2D eigenvalue weighted by molar-refractivity contribution is 7.13. The number of aromatic nitrogens is 2. The van der Waals surface area contributed by atoms with Crippen molar-refractivity contribution in [1.29, 1.82) is 0 Å². The van der Waals surface area contributed by atoms with E-state index in [1.165, 1.54) is 12.8 Å². The van der Waals surface area contributed by atoms with Crippen LogP contribution in [-0.2, 0) is 17.8 Å². The summed E-state index contributed by atoms with van der Waals surface area (Å²) in [7, 11) is 0. The second-order valence-electron chi connectivity index (χ2n) is 6.67. The molecule has 27 heavy (non-hydrogen) atoms. The summed E-state index contributed by atoms with van der Waals surface area (Å²) in [6.07, 6.45) is 4.51. The third-order valence-corrected chi connectivity index (χ3v) is 5.54. The summed E-state index contributed by atoms with van der Waals surface area (Å²) in [5.74, 6) is 2.20. The van der Waals surface area contributed by atoms with Crippen molar-refractivity contribution in [2.75, 3.05) is 18.0 Å². The maximum Gasteiger partial charge on any atom is 0.236 e. The number of amides is 1. The van der Waals surface area contributed by atoms with E-state index in [0.717, 1.165) is 29.3 Å². The van der Waals surface area contributed by atoms with E-state index < -0.39 is 0 Å². The second kappa shape index (κ2) is 7.92. The van der Waals surface area contributed by atoms with Crippen molar-refractivity contribution in [1.82, 2.24) is 15.3 Å². The Morgan fingerprint density at radius 1 is 1.30 bits per heavy atom. The number of anilines is 1. The minimum Gasteiger partial charge on any atom is -0.440 e. The first-order valence-corrected chi connectivity index (χ1v) is 10.0. The number of pyridine rings is 1. The van der Waals surface area contributed by atoms with Gasteiger partial charge in [0.15, 0.2) is 0 Å². The van der Waals surface area contributed by atoms with Crippen LogP contribution in [0.1, 0.15) is 29.9 Å². The van der Waals surface area contributed by atoms with Crippen LogP contribution in [0.4, 0.5) is 5.82 Å². The van der Waals surface area contributed by atoms with Crippen LogP contribution in [-0.4, -0.2) is 29.0 Å². The lowest BCUT2D eigenvalue weighted by molar-refractivity contribution is -0.120. The molecule has 1 amide bonds. The number of carbonyl (C=O) groups is 1. The number of rotatable bonds is 6. The first kappa shape index (κ1) is 17.7. The molecule has 0 atom stereocenters. The zero-order valence-electron chi connectivity index (χ0n) is 15.3. The molecule has 0 unspecified atom stereocenters. The summed E-state index contributed by atoms with van der Waals surface area (Å²) in [6, 6.07) is 7.96. The molecule has 7 heteroatoms. The van der Waals surface area contributed by atoms with Crippen LogP contribution in [0.3, 0.4) is 0 Å². The van der Waals surface area contributed by atoms with Crippen LogP contribution in [0.25, 0.3) is 10.8 Å². The maximum atomic E-state index is 12.3. The zero-order chi connectivity index (χ0) is 18.6.